The number of rotatable bonds is 7. The summed E-state index contributed by atoms with van der Waals surface area (Å²) >= 11 is 1.38. The van der Waals surface area contributed by atoms with E-state index in [2.05, 4.69) is 27.6 Å². The van der Waals surface area contributed by atoms with Gasteiger partial charge in [0.15, 0.2) is 5.16 Å². The average molecular weight is 415 g/mol. The van der Waals surface area contributed by atoms with Crippen molar-refractivity contribution in [3.05, 3.63) is 96.3 Å². The number of carbonyl (C=O) groups is 1. The molecule has 0 atom stereocenters. The van der Waals surface area contributed by atoms with Gasteiger partial charge < -0.3 is 9.88 Å². The minimum Gasteiger partial charge on any atom is -0.325 e. The molecular weight excluding hydrogens is 392 g/mol. The molecular formula is C24H22N4OS. The first-order valence-corrected chi connectivity index (χ1v) is 10.7. The van der Waals surface area contributed by atoms with Crippen LogP contribution in [0.3, 0.4) is 0 Å². The highest BCUT2D eigenvalue weighted by Crippen LogP contribution is 2.28. The van der Waals surface area contributed by atoms with E-state index in [-0.39, 0.29) is 11.7 Å². The monoisotopic (exact) mass is 414 g/mol. The molecule has 4 rings (SSSR count). The second kappa shape index (κ2) is 9.41. The molecule has 0 saturated heterocycles. The summed E-state index contributed by atoms with van der Waals surface area (Å²) in [6.07, 6.45) is 0.710. The lowest BCUT2D eigenvalue weighted by atomic mass is 10.0. The molecule has 1 N–H and O–H groups in total. The van der Waals surface area contributed by atoms with Gasteiger partial charge in [-0.25, -0.2) is 0 Å². The maximum atomic E-state index is 12.6. The lowest BCUT2D eigenvalue weighted by Gasteiger charge is -2.11. The van der Waals surface area contributed by atoms with Gasteiger partial charge in [0.1, 0.15) is 5.82 Å². The van der Waals surface area contributed by atoms with Gasteiger partial charge >= 0.3 is 0 Å². The van der Waals surface area contributed by atoms with Crippen LogP contribution in [0.25, 0.3) is 11.1 Å². The molecule has 1 aromatic heterocycles. The van der Waals surface area contributed by atoms with E-state index in [1.807, 2.05) is 84.4 Å². The summed E-state index contributed by atoms with van der Waals surface area (Å²) in [6, 6.07) is 28.0. The third-order valence-corrected chi connectivity index (χ3v) is 5.77. The summed E-state index contributed by atoms with van der Waals surface area (Å²) in [5.41, 5.74) is 4.05. The summed E-state index contributed by atoms with van der Waals surface area (Å²) in [6.45, 7) is 0. The molecule has 0 radical (unpaired) electrons. The van der Waals surface area contributed by atoms with Gasteiger partial charge in [-0.15, -0.1) is 10.2 Å². The van der Waals surface area contributed by atoms with Crippen molar-refractivity contribution in [1.29, 1.82) is 0 Å². The Morgan fingerprint density at radius 2 is 1.57 bits per heavy atom. The number of anilines is 1. The molecule has 150 valence electrons. The highest BCUT2D eigenvalue weighted by molar-refractivity contribution is 7.99. The molecule has 0 aliphatic heterocycles. The zero-order chi connectivity index (χ0) is 20.8. The molecule has 5 nitrogen and oxygen atoms in total. The van der Waals surface area contributed by atoms with E-state index in [9.17, 15) is 4.79 Å². The Morgan fingerprint density at radius 3 is 2.33 bits per heavy atom. The number of hydrogen-bond acceptors (Lipinski definition) is 4. The lowest BCUT2D eigenvalue weighted by Crippen LogP contribution is -2.15. The number of para-hydroxylation sites is 1. The zero-order valence-electron chi connectivity index (χ0n) is 16.7. The number of carbonyl (C=O) groups excluding carboxylic acids is 1. The van der Waals surface area contributed by atoms with Crippen LogP contribution in [-0.2, 0) is 18.3 Å². The molecule has 0 spiro atoms. The smallest absolute Gasteiger partial charge is 0.234 e. The van der Waals surface area contributed by atoms with Crippen molar-refractivity contribution in [2.24, 2.45) is 7.05 Å². The van der Waals surface area contributed by atoms with Crippen LogP contribution in [0.15, 0.2) is 90.1 Å². The number of thioether (sulfide) groups is 1. The fourth-order valence-electron chi connectivity index (χ4n) is 3.18. The van der Waals surface area contributed by atoms with Crippen molar-refractivity contribution in [2.45, 2.75) is 11.6 Å². The number of nitrogens with one attached hydrogen (secondary N) is 1. The van der Waals surface area contributed by atoms with Crippen LogP contribution < -0.4 is 5.32 Å². The lowest BCUT2D eigenvalue weighted by molar-refractivity contribution is -0.113. The first-order chi connectivity index (χ1) is 14.7. The molecule has 0 bridgehead atoms. The molecule has 4 aromatic rings. The predicted molar refractivity (Wildman–Crippen MR) is 121 cm³/mol. The minimum absolute atomic E-state index is 0.0732. The van der Waals surface area contributed by atoms with Crippen LogP contribution in [0.2, 0.25) is 0 Å². The number of amides is 1. The topological polar surface area (TPSA) is 59.8 Å². The largest absolute Gasteiger partial charge is 0.325 e. The van der Waals surface area contributed by atoms with E-state index >= 15 is 0 Å². The second-order valence-corrected chi connectivity index (χ2v) is 7.81. The van der Waals surface area contributed by atoms with Crippen molar-refractivity contribution in [3.8, 4) is 11.1 Å². The van der Waals surface area contributed by atoms with Crippen molar-refractivity contribution >= 4 is 23.4 Å². The molecule has 1 heterocycles. The number of aromatic nitrogens is 3. The van der Waals surface area contributed by atoms with E-state index in [4.69, 9.17) is 0 Å². The zero-order valence-corrected chi connectivity index (χ0v) is 17.5. The number of benzene rings is 3. The first-order valence-electron chi connectivity index (χ1n) is 9.70. The maximum absolute atomic E-state index is 12.6. The Kier molecular flexibility index (Phi) is 6.25. The van der Waals surface area contributed by atoms with Crippen LogP contribution in [0.1, 0.15) is 11.4 Å². The highest BCUT2D eigenvalue weighted by atomic mass is 32.2. The van der Waals surface area contributed by atoms with Gasteiger partial charge in [-0.2, -0.15) is 0 Å². The van der Waals surface area contributed by atoms with Crippen LogP contribution in [-0.4, -0.2) is 26.4 Å². The third-order valence-electron chi connectivity index (χ3n) is 4.75. The van der Waals surface area contributed by atoms with E-state index in [0.717, 1.165) is 27.8 Å². The van der Waals surface area contributed by atoms with Crippen LogP contribution in [0.5, 0.6) is 0 Å². The van der Waals surface area contributed by atoms with E-state index in [1.54, 1.807) is 0 Å². The molecule has 1 amide bonds. The SMILES string of the molecule is Cn1c(Cc2ccccc2)nnc1SCC(=O)Nc1ccccc1-c1ccccc1. The first kappa shape index (κ1) is 19.9. The molecule has 0 unspecified atom stereocenters. The van der Waals surface area contributed by atoms with Crippen LogP contribution in [0, 0.1) is 0 Å². The van der Waals surface area contributed by atoms with Crippen molar-refractivity contribution in [3.63, 3.8) is 0 Å². The Morgan fingerprint density at radius 1 is 0.900 bits per heavy atom. The molecule has 0 fully saturated rings. The summed E-state index contributed by atoms with van der Waals surface area (Å²) in [5.74, 6) is 1.06. The molecule has 6 heteroatoms. The Bertz CT molecular complexity index is 1130. The van der Waals surface area contributed by atoms with Crippen molar-refractivity contribution in [1.82, 2.24) is 14.8 Å². The normalized spacial score (nSPS) is 10.7. The van der Waals surface area contributed by atoms with Gasteiger partial charge in [0.05, 0.1) is 5.75 Å². The van der Waals surface area contributed by atoms with Crippen molar-refractivity contribution < 1.29 is 4.79 Å². The summed E-state index contributed by atoms with van der Waals surface area (Å²) in [5, 5.41) is 12.3. The van der Waals surface area contributed by atoms with Crippen molar-refractivity contribution in [2.75, 3.05) is 11.1 Å². The summed E-state index contributed by atoms with van der Waals surface area (Å²) in [7, 11) is 1.93. The molecule has 3 aromatic carbocycles. The molecule has 0 saturated carbocycles. The standard InChI is InChI=1S/C24H22N4OS/c1-28-22(16-18-10-4-2-5-11-18)26-27-24(28)30-17-23(29)25-21-15-9-8-14-20(21)19-12-6-3-7-13-19/h2-15H,16-17H2,1H3,(H,25,29). The average Bonchev–Trinajstić information content (AvgIpc) is 3.13. The van der Waals surface area contributed by atoms with E-state index in [1.165, 1.54) is 17.3 Å². The summed E-state index contributed by atoms with van der Waals surface area (Å²) < 4.78 is 1.95. The Balaban J connectivity index is 1.40. The van der Waals surface area contributed by atoms with Crippen LogP contribution in [0.4, 0.5) is 5.69 Å². The molecule has 0 aliphatic carbocycles. The molecule has 30 heavy (non-hydrogen) atoms. The van der Waals surface area contributed by atoms with E-state index in [0.29, 0.717) is 6.42 Å². The highest BCUT2D eigenvalue weighted by Gasteiger charge is 2.13. The second-order valence-electron chi connectivity index (χ2n) is 6.87. The van der Waals surface area contributed by atoms with E-state index < -0.39 is 0 Å². The quantitative estimate of drug-likeness (QED) is 0.441. The third kappa shape index (κ3) is 4.78. The van der Waals surface area contributed by atoms with Gasteiger partial charge in [-0.1, -0.05) is 90.6 Å². The molecule has 0 aliphatic rings. The van der Waals surface area contributed by atoms with Gasteiger partial charge in [-0.05, 0) is 17.2 Å². The van der Waals surface area contributed by atoms with Gasteiger partial charge in [0, 0.05) is 24.7 Å². The van der Waals surface area contributed by atoms with Crippen LogP contribution >= 0.6 is 11.8 Å². The fourth-order valence-corrected chi connectivity index (χ4v) is 3.91. The number of hydrogen-bond donors (Lipinski definition) is 1. The van der Waals surface area contributed by atoms with Gasteiger partial charge in [-0.3, -0.25) is 4.79 Å². The predicted octanol–water partition coefficient (Wildman–Crippen LogP) is 4.80. The summed E-state index contributed by atoms with van der Waals surface area (Å²) in [4.78, 5) is 12.6. The Hall–Kier alpha value is -3.38. The Labute approximate surface area is 180 Å². The maximum Gasteiger partial charge on any atom is 0.234 e. The minimum atomic E-state index is -0.0732. The van der Waals surface area contributed by atoms with Gasteiger partial charge in [0.2, 0.25) is 5.91 Å². The number of nitrogens with zero attached hydrogens (tertiary/aromatic N) is 3. The van der Waals surface area contributed by atoms with Gasteiger partial charge in [0.25, 0.3) is 0 Å². The fraction of sp³-hybridized carbons (Fsp3) is 0.125.